The van der Waals surface area contributed by atoms with Crippen molar-refractivity contribution in [1.82, 2.24) is 9.55 Å². The average molecular weight is 1060 g/mol. The molecule has 0 saturated heterocycles. The van der Waals surface area contributed by atoms with Crippen LogP contribution >= 0.6 is 35.3 Å². The third kappa shape index (κ3) is 6.42. The van der Waals surface area contributed by atoms with Crippen molar-refractivity contribution in [2.45, 2.75) is 55.6 Å². The van der Waals surface area contributed by atoms with Crippen LogP contribution in [-0.2, 0) is 26.5 Å². The predicted octanol–water partition coefficient (Wildman–Crippen LogP) is 15.3. The van der Waals surface area contributed by atoms with Crippen LogP contribution in [0.2, 0.25) is 0 Å². The van der Waals surface area contributed by atoms with Gasteiger partial charge >= 0.3 is 0 Å². The van der Waals surface area contributed by atoms with E-state index in [9.17, 15) is 0 Å². The third-order valence-corrected chi connectivity index (χ3v) is 15.3. The minimum atomic E-state index is -0.0363. The summed E-state index contributed by atoms with van der Waals surface area (Å²) in [6.07, 6.45) is 6.09. The summed E-state index contributed by atoms with van der Waals surface area (Å²) in [6, 6.07) is 56.9. The topological polar surface area (TPSA) is 36.8 Å². The quantitative estimate of drug-likeness (QED) is 0.153. The maximum Gasteiger partial charge on any atom is 0.135 e. The fraction of sp³-hybridized carbons (Fsp3) is 0.0741. The number of anilines is 5. The molecule has 0 amide bonds. The normalized spacial score (nSPS) is 14.3. The Balaban J connectivity index is 0.00000433. The number of benzene rings is 7. The van der Waals surface area contributed by atoms with Crippen LogP contribution in [0, 0.1) is 18.8 Å². The van der Waals surface area contributed by atoms with E-state index < -0.39 is 0 Å². The van der Waals surface area contributed by atoms with Gasteiger partial charge in [-0.2, -0.15) is 12.1 Å². The van der Waals surface area contributed by atoms with Crippen molar-refractivity contribution < 1.29 is 25.8 Å². The fourth-order valence-electron chi connectivity index (χ4n) is 9.01. The number of pyridine rings is 1. The van der Waals surface area contributed by atoms with E-state index >= 15 is 0 Å². The Morgan fingerprint density at radius 2 is 1.23 bits per heavy atom. The van der Waals surface area contributed by atoms with Gasteiger partial charge in [-0.05, 0) is 94.5 Å². The molecule has 314 valence electrons. The molecule has 9 aromatic rings. The van der Waals surface area contributed by atoms with Crippen molar-refractivity contribution >= 4 is 85.5 Å². The van der Waals surface area contributed by atoms with E-state index in [0.717, 1.165) is 44.6 Å². The second-order valence-corrected chi connectivity index (χ2v) is 20.3. The number of para-hydroxylation sites is 2. The van der Waals surface area contributed by atoms with Crippen LogP contribution in [0.1, 0.15) is 26.3 Å². The molecule has 0 spiro atoms. The molecular formula is C54H36N5OPtS3-3. The van der Waals surface area contributed by atoms with E-state index in [1.54, 1.807) is 0 Å². The molecule has 0 saturated carbocycles. The van der Waals surface area contributed by atoms with Crippen molar-refractivity contribution in [1.29, 1.82) is 0 Å². The summed E-state index contributed by atoms with van der Waals surface area (Å²) >= 11 is 5.61. The van der Waals surface area contributed by atoms with Gasteiger partial charge in [-0.15, -0.1) is 48.1 Å². The molecular weight excluding hydrogens is 1030 g/mol. The van der Waals surface area contributed by atoms with E-state index in [1.165, 1.54) is 57.6 Å². The molecule has 6 nitrogen and oxygen atoms in total. The summed E-state index contributed by atoms with van der Waals surface area (Å²) in [5, 5.41) is 2.22. The van der Waals surface area contributed by atoms with Crippen molar-refractivity contribution in [3.63, 3.8) is 0 Å². The summed E-state index contributed by atoms with van der Waals surface area (Å²) in [7, 11) is 0. The Morgan fingerprint density at radius 1 is 0.578 bits per heavy atom. The number of rotatable bonds is 6. The zero-order valence-electron chi connectivity index (χ0n) is 34.8. The zero-order valence-corrected chi connectivity index (χ0v) is 39.5. The number of aromatic nitrogens is 2. The zero-order chi connectivity index (χ0) is 42.0. The minimum absolute atomic E-state index is 0. The first-order valence-corrected chi connectivity index (χ1v) is 23.4. The van der Waals surface area contributed by atoms with Gasteiger partial charge in [-0.1, -0.05) is 116 Å². The first-order chi connectivity index (χ1) is 30.8. The molecule has 0 fully saturated rings. The van der Waals surface area contributed by atoms with Gasteiger partial charge in [-0.3, -0.25) is 0 Å². The van der Waals surface area contributed by atoms with Gasteiger partial charge in [0.25, 0.3) is 0 Å². The second-order valence-electron chi connectivity index (χ2n) is 17.0. The molecule has 0 bridgehead atoms. The van der Waals surface area contributed by atoms with Crippen LogP contribution in [0.3, 0.4) is 0 Å². The molecule has 13 rings (SSSR count). The molecule has 6 heterocycles. The Labute approximate surface area is 399 Å². The predicted molar refractivity (Wildman–Crippen MR) is 259 cm³/mol. The number of ether oxygens (including phenoxy) is 1. The number of nitrogens with zero attached hydrogens (tertiary/aromatic N) is 5. The van der Waals surface area contributed by atoms with E-state index in [0.29, 0.717) is 11.5 Å². The molecule has 10 heteroatoms. The van der Waals surface area contributed by atoms with Crippen molar-refractivity contribution in [2.75, 3.05) is 14.7 Å². The molecule has 0 aliphatic carbocycles. The Hall–Kier alpha value is -5.83. The summed E-state index contributed by atoms with van der Waals surface area (Å²) in [6.45, 7) is 8.81. The monoisotopic (exact) mass is 1060 g/mol. The largest absolute Gasteiger partial charge is 0.509 e. The average Bonchev–Trinajstić information content (AvgIpc) is 3.93. The number of fused-ring (bicyclic) bond motifs is 3. The molecule has 0 N–H and O–H groups in total. The Morgan fingerprint density at radius 3 is 1.95 bits per heavy atom. The van der Waals surface area contributed by atoms with E-state index in [2.05, 4.69) is 193 Å². The van der Waals surface area contributed by atoms with Gasteiger partial charge in [0.2, 0.25) is 0 Å². The van der Waals surface area contributed by atoms with Gasteiger partial charge in [-0.25, -0.2) is 4.98 Å². The van der Waals surface area contributed by atoms with Gasteiger partial charge in [0.05, 0.1) is 17.1 Å². The minimum Gasteiger partial charge on any atom is -0.509 e. The second kappa shape index (κ2) is 15.1. The standard InChI is InChI=1S/C54H36N5OS3.Pt/c1-54(2,3)35-22-23-55-50(27-35)58-42-21-18-34(33-10-5-4-6-11-33)26-41(42)40-20-19-39(31-43(40)58)60-38-13-7-12-36(28-38)56-24-25-57(32-56)37-29-48-53-49(30-37)63-47-17-9-15-45-52(47)59(53)51-44(61-45)14-8-16-46(51)62-48;/h4-27,29-30,32H,1-3H3;/q-3;. The smallest absolute Gasteiger partial charge is 0.135 e. The van der Waals surface area contributed by atoms with Crippen LogP contribution < -0.4 is 19.4 Å². The Kier molecular flexibility index (Phi) is 9.40. The van der Waals surface area contributed by atoms with Crippen LogP contribution in [0.25, 0.3) is 38.8 Å². The summed E-state index contributed by atoms with van der Waals surface area (Å²) in [5.41, 5.74) is 11.4. The summed E-state index contributed by atoms with van der Waals surface area (Å²) in [4.78, 5) is 19.4. The van der Waals surface area contributed by atoms with Crippen LogP contribution in [0.5, 0.6) is 11.5 Å². The van der Waals surface area contributed by atoms with Crippen LogP contribution in [-0.4, -0.2) is 9.55 Å². The van der Waals surface area contributed by atoms with Gasteiger partial charge in [0, 0.05) is 79.3 Å². The SMILES string of the molecule is CC(C)(C)c1ccnc(-n2c3[c-]c(Oc4[c-]c(N5C=CN(c6cc7c8c(c6)Sc6cccc9c6N8c6c(cccc6S7)S9)[CH-]5)ccc4)ccc3c3cc(-c4ccccc4)ccc32)c1.[Pt]. The molecule has 4 aliphatic rings. The van der Waals surface area contributed by atoms with E-state index in [4.69, 9.17) is 9.72 Å². The first-order valence-electron chi connectivity index (χ1n) is 20.9. The first kappa shape index (κ1) is 39.7. The van der Waals surface area contributed by atoms with Crippen molar-refractivity contribution in [3.05, 3.63) is 182 Å². The van der Waals surface area contributed by atoms with E-state index in [1.807, 2.05) is 59.7 Å². The molecule has 4 aliphatic heterocycles. The maximum atomic E-state index is 6.60. The van der Waals surface area contributed by atoms with Crippen LogP contribution in [0.15, 0.2) is 187 Å². The molecule has 2 aromatic heterocycles. The van der Waals surface area contributed by atoms with E-state index in [-0.39, 0.29) is 26.5 Å². The molecule has 0 radical (unpaired) electrons. The molecule has 64 heavy (non-hydrogen) atoms. The molecule has 0 unspecified atom stereocenters. The maximum absolute atomic E-state index is 6.60. The van der Waals surface area contributed by atoms with Crippen LogP contribution in [0.4, 0.5) is 28.4 Å². The van der Waals surface area contributed by atoms with Gasteiger partial charge in [0.15, 0.2) is 0 Å². The van der Waals surface area contributed by atoms with Crippen molar-refractivity contribution in [2.24, 2.45) is 0 Å². The number of hydrogen-bond donors (Lipinski definition) is 0. The molecule has 7 aromatic carbocycles. The fourth-order valence-corrected chi connectivity index (χ4v) is 12.7. The van der Waals surface area contributed by atoms with Crippen molar-refractivity contribution in [3.8, 4) is 28.4 Å². The van der Waals surface area contributed by atoms with Gasteiger partial charge in [0.1, 0.15) is 5.82 Å². The Bertz CT molecular complexity index is 3340. The summed E-state index contributed by atoms with van der Waals surface area (Å²) < 4.78 is 8.81. The summed E-state index contributed by atoms with van der Waals surface area (Å²) in [5.74, 6) is 2.05. The van der Waals surface area contributed by atoms with Gasteiger partial charge < -0.3 is 24.0 Å². The third-order valence-electron chi connectivity index (χ3n) is 12.1. The number of hydrogen-bond acceptors (Lipinski definition) is 8. The molecule has 0 atom stereocenters.